The van der Waals surface area contributed by atoms with Crippen LogP contribution in [0, 0.1) is 0 Å². The van der Waals surface area contributed by atoms with Crippen molar-refractivity contribution in [2.75, 3.05) is 13.1 Å². The van der Waals surface area contributed by atoms with Crippen LogP contribution in [0.5, 0.6) is 0 Å². The van der Waals surface area contributed by atoms with Crippen LogP contribution in [0.15, 0.2) is 0 Å². The van der Waals surface area contributed by atoms with Crippen molar-refractivity contribution in [3.05, 3.63) is 0 Å². The zero-order chi connectivity index (χ0) is 10.1. The fraction of sp³-hybridized carbons (Fsp3) is 0.750. The molecule has 1 amide bonds. The molecule has 0 unspecified atom stereocenters. The maximum absolute atomic E-state index is 10.8. The lowest BCUT2D eigenvalue weighted by Crippen LogP contribution is -2.39. The molecule has 0 aromatic heterocycles. The van der Waals surface area contributed by atoms with Gasteiger partial charge in [-0.05, 0) is 25.8 Å². The van der Waals surface area contributed by atoms with Crippen molar-refractivity contribution >= 4 is 12.2 Å². The number of amides is 1. The van der Waals surface area contributed by atoms with Gasteiger partial charge in [-0.15, -0.1) is 0 Å². The highest BCUT2D eigenvalue weighted by Crippen LogP contribution is 1.97. The molecule has 0 aromatic carbocycles. The van der Waals surface area contributed by atoms with Crippen LogP contribution in [0.2, 0.25) is 0 Å². The van der Waals surface area contributed by atoms with Gasteiger partial charge in [0.2, 0.25) is 5.91 Å². The first kappa shape index (κ1) is 12.1. The first-order valence-corrected chi connectivity index (χ1v) is 4.39. The number of carbonyl (C=O) groups is 2. The molecule has 5 nitrogen and oxygen atoms in total. The van der Waals surface area contributed by atoms with E-state index in [1.807, 2.05) is 0 Å². The molecule has 0 saturated carbocycles. The van der Waals surface area contributed by atoms with Gasteiger partial charge in [0.05, 0.1) is 12.6 Å². The molecular weight excluding hydrogens is 170 g/mol. The minimum atomic E-state index is -0.414. The highest BCUT2D eigenvalue weighted by Gasteiger charge is 2.08. The molecule has 0 rings (SSSR count). The van der Waals surface area contributed by atoms with Crippen LogP contribution in [0.1, 0.15) is 19.3 Å². The van der Waals surface area contributed by atoms with Gasteiger partial charge in [0, 0.05) is 0 Å². The summed E-state index contributed by atoms with van der Waals surface area (Å²) in [6, 6.07) is -0.414. The summed E-state index contributed by atoms with van der Waals surface area (Å²) in [5, 5.41) is 2.50. The van der Waals surface area contributed by atoms with E-state index in [1.54, 1.807) is 0 Å². The second kappa shape index (κ2) is 7.70. The maximum atomic E-state index is 10.8. The summed E-state index contributed by atoms with van der Waals surface area (Å²) in [5.41, 5.74) is 10.4. The number of hydrogen-bond acceptors (Lipinski definition) is 4. The smallest absolute Gasteiger partial charge is 0.234 e. The van der Waals surface area contributed by atoms with Gasteiger partial charge in [0.25, 0.3) is 0 Å². The Morgan fingerprint density at radius 1 is 1.38 bits per heavy atom. The van der Waals surface area contributed by atoms with Gasteiger partial charge in [-0.2, -0.15) is 0 Å². The predicted octanol–water partition coefficient (Wildman–Crippen LogP) is -1.24. The van der Waals surface area contributed by atoms with E-state index in [2.05, 4.69) is 5.32 Å². The summed E-state index contributed by atoms with van der Waals surface area (Å²) in [6.45, 7) is 0.525. The van der Waals surface area contributed by atoms with E-state index >= 15 is 0 Å². The number of unbranched alkanes of at least 4 members (excludes halogenated alkanes) is 1. The van der Waals surface area contributed by atoms with Crippen LogP contribution in [0.25, 0.3) is 0 Å². The third kappa shape index (κ3) is 6.24. The molecule has 0 heterocycles. The molecule has 0 fully saturated rings. The number of nitrogens with two attached hydrogens (primary N) is 2. The Labute approximate surface area is 77.8 Å². The fourth-order valence-electron chi connectivity index (χ4n) is 0.949. The van der Waals surface area contributed by atoms with Crippen molar-refractivity contribution < 1.29 is 9.59 Å². The highest BCUT2D eigenvalue weighted by molar-refractivity contribution is 5.81. The van der Waals surface area contributed by atoms with E-state index in [0.29, 0.717) is 13.0 Å². The van der Waals surface area contributed by atoms with E-state index in [1.165, 1.54) is 0 Å². The van der Waals surface area contributed by atoms with E-state index in [-0.39, 0.29) is 12.5 Å². The number of nitrogens with one attached hydrogen (secondary N) is 1. The average molecular weight is 187 g/mol. The quantitative estimate of drug-likeness (QED) is 0.343. The second-order valence-corrected chi connectivity index (χ2v) is 2.80. The summed E-state index contributed by atoms with van der Waals surface area (Å²) >= 11 is 0. The van der Waals surface area contributed by atoms with Crippen LogP contribution in [-0.4, -0.2) is 31.3 Å². The summed E-state index contributed by atoms with van der Waals surface area (Å²) in [4.78, 5) is 21.3. The van der Waals surface area contributed by atoms with Gasteiger partial charge in [0.15, 0.2) is 0 Å². The summed E-state index contributed by atoms with van der Waals surface area (Å²) in [5.74, 6) is -0.301. The molecule has 0 aliphatic carbocycles. The number of aldehydes is 1. The van der Waals surface area contributed by atoms with E-state index in [9.17, 15) is 9.59 Å². The Morgan fingerprint density at radius 3 is 2.54 bits per heavy atom. The largest absolute Gasteiger partial charge is 0.345 e. The summed E-state index contributed by atoms with van der Waals surface area (Å²) in [7, 11) is 0. The van der Waals surface area contributed by atoms with Crippen LogP contribution in [0.3, 0.4) is 0 Å². The fourth-order valence-corrected chi connectivity index (χ4v) is 0.949. The maximum Gasteiger partial charge on any atom is 0.234 e. The molecule has 5 heteroatoms. The van der Waals surface area contributed by atoms with Gasteiger partial charge in [0.1, 0.15) is 6.29 Å². The minimum absolute atomic E-state index is 0.0821. The molecule has 0 saturated heterocycles. The Bertz CT molecular complexity index is 161. The monoisotopic (exact) mass is 187 g/mol. The zero-order valence-corrected chi connectivity index (χ0v) is 7.66. The van der Waals surface area contributed by atoms with Crippen molar-refractivity contribution in [1.82, 2.24) is 5.32 Å². The highest BCUT2D eigenvalue weighted by atomic mass is 16.2. The van der Waals surface area contributed by atoms with Crippen molar-refractivity contribution in [2.45, 2.75) is 25.3 Å². The predicted molar refractivity (Wildman–Crippen MR) is 50.0 cm³/mol. The van der Waals surface area contributed by atoms with Crippen molar-refractivity contribution in [1.29, 1.82) is 0 Å². The third-order valence-electron chi connectivity index (χ3n) is 1.67. The Morgan fingerprint density at radius 2 is 2.08 bits per heavy atom. The van der Waals surface area contributed by atoms with Gasteiger partial charge >= 0.3 is 0 Å². The number of rotatable bonds is 7. The van der Waals surface area contributed by atoms with Crippen molar-refractivity contribution in [3.63, 3.8) is 0 Å². The van der Waals surface area contributed by atoms with Gasteiger partial charge in [-0.25, -0.2) is 0 Å². The number of carbonyl (C=O) groups excluding carboxylic acids is 2. The van der Waals surface area contributed by atoms with Crippen LogP contribution in [0.4, 0.5) is 0 Å². The molecule has 76 valence electrons. The zero-order valence-electron chi connectivity index (χ0n) is 7.66. The van der Waals surface area contributed by atoms with Crippen LogP contribution >= 0.6 is 0 Å². The Balaban J connectivity index is 3.62. The van der Waals surface area contributed by atoms with Crippen molar-refractivity contribution in [2.24, 2.45) is 11.5 Å². The lowest BCUT2D eigenvalue weighted by Gasteiger charge is -2.10. The van der Waals surface area contributed by atoms with Gasteiger partial charge in [-0.1, -0.05) is 0 Å². The first-order chi connectivity index (χ1) is 6.24. The molecule has 0 spiro atoms. The SMILES string of the molecule is NCCCC[C@@H](C=O)NC(=O)CN. The van der Waals surface area contributed by atoms with Gasteiger partial charge in [-0.3, -0.25) is 4.79 Å². The molecule has 1 atom stereocenters. The van der Waals surface area contributed by atoms with E-state index in [4.69, 9.17) is 11.5 Å². The molecule has 0 aliphatic heterocycles. The normalized spacial score (nSPS) is 12.2. The molecule has 0 radical (unpaired) electrons. The standard InChI is InChI=1S/C8H17N3O2/c9-4-2-1-3-7(6-12)11-8(13)5-10/h6-7H,1-5,9-10H2,(H,11,13)/t7-/m0/s1. The molecule has 5 N–H and O–H groups in total. The van der Waals surface area contributed by atoms with Gasteiger partial charge < -0.3 is 21.6 Å². The lowest BCUT2D eigenvalue weighted by molar-refractivity contribution is -0.122. The molecular formula is C8H17N3O2. The summed E-state index contributed by atoms with van der Waals surface area (Å²) < 4.78 is 0. The first-order valence-electron chi connectivity index (χ1n) is 4.39. The third-order valence-corrected chi connectivity index (χ3v) is 1.67. The molecule has 0 aromatic rings. The van der Waals surface area contributed by atoms with Crippen LogP contribution < -0.4 is 16.8 Å². The average Bonchev–Trinajstić information content (AvgIpc) is 2.16. The minimum Gasteiger partial charge on any atom is -0.345 e. The van der Waals surface area contributed by atoms with Crippen LogP contribution in [-0.2, 0) is 9.59 Å². The van der Waals surface area contributed by atoms with E-state index in [0.717, 1.165) is 19.1 Å². The lowest BCUT2D eigenvalue weighted by atomic mass is 10.1. The Hall–Kier alpha value is -0.940. The summed E-state index contributed by atoms with van der Waals surface area (Å²) in [6.07, 6.45) is 3.06. The topological polar surface area (TPSA) is 98.2 Å². The molecule has 0 aliphatic rings. The Kier molecular flexibility index (Phi) is 7.14. The second-order valence-electron chi connectivity index (χ2n) is 2.80. The van der Waals surface area contributed by atoms with E-state index < -0.39 is 6.04 Å². The number of hydrogen-bond donors (Lipinski definition) is 3. The van der Waals surface area contributed by atoms with Crippen molar-refractivity contribution in [3.8, 4) is 0 Å². The molecule has 13 heavy (non-hydrogen) atoms. The molecule has 0 bridgehead atoms.